The zero-order valence-electron chi connectivity index (χ0n) is 8.40. The highest BCUT2D eigenvalue weighted by Crippen LogP contribution is 1.87. The average molecular weight is 220 g/mol. The molecule has 0 radical (unpaired) electrons. The highest BCUT2D eigenvalue weighted by molar-refractivity contribution is 6.12. The van der Waals surface area contributed by atoms with Crippen LogP contribution in [0.3, 0.4) is 0 Å². The van der Waals surface area contributed by atoms with E-state index in [4.69, 9.17) is 14.9 Å². The fourth-order valence-corrected chi connectivity index (χ4v) is 1.10. The Hall–Kier alpha value is -0.318. The SMILES string of the molecule is O=C([NH][AlH2])OCCN(CCO)CCO. The summed E-state index contributed by atoms with van der Waals surface area (Å²) in [7, 11) is 0. The summed E-state index contributed by atoms with van der Waals surface area (Å²) in [6, 6.07) is 0. The van der Waals surface area contributed by atoms with Gasteiger partial charge in [-0.15, -0.1) is 0 Å². The summed E-state index contributed by atoms with van der Waals surface area (Å²) in [5.41, 5.74) is 0. The molecule has 0 unspecified atom stereocenters. The van der Waals surface area contributed by atoms with Gasteiger partial charge >= 0.3 is 22.6 Å². The number of rotatable bonds is 7. The predicted molar refractivity (Wildman–Crippen MR) is 53.6 cm³/mol. The van der Waals surface area contributed by atoms with Crippen molar-refractivity contribution in [1.29, 1.82) is 0 Å². The molecule has 0 aromatic carbocycles. The molecule has 7 heteroatoms. The Morgan fingerprint density at radius 1 is 1.29 bits per heavy atom. The van der Waals surface area contributed by atoms with E-state index in [1.54, 1.807) is 0 Å². The van der Waals surface area contributed by atoms with Crippen LogP contribution in [0.5, 0.6) is 0 Å². The van der Waals surface area contributed by atoms with Crippen LogP contribution in [0.2, 0.25) is 0 Å². The van der Waals surface area contributed by atoms with Gasteiger partial charge in [-0.25, -0.2) is 4.79 Å². The summed E-state index contributed by atoms with van der Waals surface area (Å²) < 4.78 is 7.26. The molecular weight excluding hydrogens is 203 g/mol. The number of hydrogen-bond donors (Lipinski definition) is 3. The second kappa shape index (κ2) is 9.25. The number of ether oxygens (including phenoxy) is 1. The first-order chi connectivity index (χ1) is 6.74. The van der Waals surface area contributed by atoms with Crippen LogP contribution in [-0.4, -0.2) is 77.2 Å². The summed E-state index contributed by atoms with van der Waals surface area (Å²) in [4.78, 5) is 12.5. The van der Waals surface area contributed by atoms with Crippen molar-refractivity contribution in [2.75, 3.05) is 39.5 Å². The minimum atomic E-state index is -0.412. The maximum absolute atomic E-state index is 10.7. The summed E-state index contributed by atoms with van der Waals surface area (Å²) >= 11 is 0.571. The number of nitrogens with zero attached hydrogens (tertiary/aromatic N) is 1. The molecule has 0 spiro atoms. The minimum Gasteiger partial charge on any atom is -0.450 e. The van der Waals surface area contributed by atoms with E-state index >= 15 is 0 Å². The first-order valence-corrected chi connectivity index (χ1v) is 5.53. The molecule has 0 atom stereocenters. The topological polar surface area (TPSA) is 82.0 Å². The lowest BCUT2D eigenvalue weighted by Gasteiger charge is -2.19. The molecule has 0 aromatic heterocycles. The Balaban J connectivity index is 3.54. The lowest BCUT2D eigenvalue weighted by atomic mass is 10.4. The van der Waals surface area contributed by atoms with E-state index in [9.17, 15) is 4.79 Å². The Kier molecular flexibility index (Phi) is 9.04. The summed E-state index contributed by atoms with van der Waals surface area (Å²) in [5.74, 6) is 0. The highest BCUT2D eigenvalue weighted by Gasteiger charge is 2.04. The van der Waals surface area contributed by atoms with Gasteiger partial charge in [0.25, 0.3) is 0 Å². The van der Waals surface area contributed by atoms with Crippen LogP contribution in [0.25, 0.3) is 0 Å². The van der Waals surface area contributed by atoms with Crippen molar-refractivity contribution in [2.24, 2.45) is 0 Å². The fourth-order valence-electron chi connectivity index (χ4n) is 0.958. The van der Waals surface area contributed by atoms with E-state index in [0.717, 1.165) is 0 Å². The summed E-state index contributed by atoms with van der Waals surface area (Å²) in [6.07, 6.45) is -0.412. The number of aliphatic hydroxyl groups excluding tert-OH is 2. The number of nitrogens with one attached hydrogen (secondary N) is 1. The van der Waals surface area contributed by atoms with E-state index in [1.165, 1.54) is 0 Å². The van der Waals surface area contributed by atoms with Crippen molar-refractivity contribution in [3.8, 4) is 0 Å². The first-order valence-electron chi connectivity index (χ1n) is 4.53. The smallest absolute Gasteiger partial charge is 0.382 e. The van der Waals surface area contributed by atoms with E-state index in [1.807, 2.05) is 4.90 Å². The lowest BCUT2D eigenvalue weighted by molar-refractivity contribution is 0.113. The zero-order valence-corrected chi connectivity index (χ0v) is 10.4. The van der Waals surface area contributed by atoms with Gasteiger partial charge in [-0.3, -0.25) is 4.90 Å². The molecule has 14 heavy (non-hydrogen) atoms. The lowest BCUT2D eigenvalue weighted by Crippen LogP contribution is -2.34. The fraction of sp³-hybridized carbons (Fsp3) is 0.857. The zero-order chi connectivity index (χ0) is 10.8. The maximum atomic E-state index is 10.7. The molecule has 0 heterocycles. The van der Waals surface area contributed by atoms with Crippen LogP contribution in [0.1, 0.15) is 0 Å². The highest BCUT2D eigenvalue weighted by atomic mass is 27.1. The van der Waals surface area contributed by atoms with Gasteiger partial charge in [0.15, 0.2) is 0 Å². The van der Waals surface area contributed by atoms with Crippen molar-refractivity contribution >= 4 is 22.6 Å². The average Bonchev–Trinajstić information content (AvgIpc) is 2.18. The largest absolute Gasteiger partial charge is 0.450 e. The van der Waals surface area contributed by atoms with Gasteiger partial charge < -0.3 is 19.3 Å². The first kappa shape index (κ1) is 13.7. The predicted octanol–water partition coefficient (Wildman–Crippen LogP) is -2.45. The molecular formula is C7H17AlN2O4. The minimum absolute atomic E-state index is 0.0346. The molecule has 0 rings (SSSR count). The van der Waals surface area contributed by atoms with Crippen LogP contribution in [0.15, 0.2) is 0 Å². The van der Waals surface area contributed by atoms with Crippen molar-refractivity contribution in [3.63, 3.8) is 0 Å². The van der Waals surface area contributed by atoms with E-state index in [-0.39, 0.29) is 19.8 Å². The standard InChI is InChI=1S/C7H16N2O4.Al.2H/c8-7(12)13-6-3-9(1-4-10)2-5-11;;;/h10-11H,1-6H2,(H2,8,12);;;/q;+1;;/p-1. The molecule has 0 aliphatic rings. The van der Waals surface area contributed by atoms with E-state index < -0.39 is 6.09 Å². The number of aliphatic hydroxyl groups is 2. The summed E-state index contributed by atoms with van der Waals surface area (Å²) in [6.45, 7) is 1.82. The third-order valence-corrected chi connectivity index (χ3v) is 2.09. The number of amides is 1. The molecule has 0 aliphatic heterocycles. The van der Waals surface area contributed by atoms with Crippen LogP contribution in [0.4, 0.5) is 4.79 Å². The van der Waals surface area contributed by atoms with Gasteiger partial charge in [0.1, 0.15) is 6.61 Å². The van der Waals surface area contributed by atoms with Gasteiger partial charge in [0.05, 0.1) is 13.2 Å². The Morgan fingerprint density at radius 3 is 2.29 bits per heavy atom. The molecule has 82 valence electrons. The Bertz CT molecular complexity index is 153. The molecule has 1 amide bonds. The third kappa shape index (κ3) is 7.12. The Labute approximate surface area is 91.5 Å². The third-order valence-electron chi connectivity index (χ3n) is 1.68. The van der Waals surface area contributed by atoms with Crippen LogP contribution in [-0.2, 0) is 4.74 Å². The quantitative estimate of drug-likeness (QED) is 0.415. The second-order valence-electron chi connectivity index (χ2n) is 2.67. The molecule has 0 bridgehead atoms. The molecule has 3 N–H and O–H groups in total. The van der Waals surface area contributed by atoms with Crippen molar-refractivity contribution < 1.29 is 19.7 Å². The van der Waals surface area contributed by atoms with Gasteiger partial charge in [0.2, 0.25) is 0 Å². The monoisotopic (exact) mass is 220 g/mol. The van der Waals surface area contributed by atoms with Crippen LogP contribution in [0, 0.1) is 0 Å². The maximum Gasteiger partial charge on any atom is 0.382 e. The molecule has 0 saturated heterocycles. The van der Waals surface area contributed by atoms with Crippen molar-refractivity contribution in [3.05, 3.63) is 0 Å². The van der Waals surface area contributed by atoms with Gasteiger partial charge in [-0.05, 0) is 0 Å². The van der Waals surface area contributed by atoms with Gasteiger partial charge in [-0.1, -0.05) is 0 Å². The number of carbonyl (C=O) groups is 1. The van der Waals surface area contributed by atoms with Crippen molar-refractivity contribution in [1.82, 2.24) is 9.20 Å². The molecule has 6 nitrogen and oxygen atoms in total. The normalized spacial score (nSPS) is 10.2. The Morgan fingerprint density at radius 2 is 1.86 bits per heavy atom. The molecule has 0 aromatic rings. The molecule has 0 aliphatic carbocycles. The van der Waals surface area contributed by atoms with E-state index in [2.05, 4.69) is 4.30 Å². The van der Waals surface area contributed by atoms with Gasteiger partial charge in [-0.2, -0.15) is 0 Å². The molecule has 0 fully saturated rings. The second-order valence-corrected chi connectivity index (χ2v) is 3.17. The van der Waals surface area contributed by atoms with Crippen LogP contribution < -0.4 is 4.30 Å². The summed E-state index contributed by atoms with van der Waals surface area (Å²) in [5, 5.41) is 17.4. The number of hydrogen-bond acceptors (Lipinski definition) is 5. The molecule has 0 saturated carbocycles. The number of carbonyl (C=O) groups excluding carboxylic acids is 1. The van der Waals surface area contributed by atoms with Gasteiger partial charge in [0, 0.05) is 19.6 Å². The van der Waals surface area contributed by atoms with Crippen LogP contribution >= 0.6 is 0 Å². The van der Waals surface area contributed by atoms with E-state index in [0.29, 0.717) is 36.1 Å². The van der Waals surface area contributed by atoms with Crippen molar-refractivity contribution in [2.45, 2.75) is 0 Å².